The Kier molecular flexibility index (Phi) is 3.50. The largest absolute Gasteiger partial charge is 0.330 e. The first-order valence-corrected chi connectivity index (χ1v) is 6.69. The summed E-state index contributed by atoms with van der Waals surface area (Å²) in [6, 6.07) is 8.62. The lowest BCUT2D eigenvalue weighted by Crippen LogP contribution is -2.11. The van der Waals surface area contributed by atoms with Crippen LogP contribution < -0.4 is 5.73 Å². The van der Waals surface area contributed by atoms with E-state index in [4.69, 9.17) is 5.73 Å². The van der Waals surface area contributed by atoms with E-state index >= 15 is 0 Å². The second-order valence-corrected chi connectivity index (χ2v) is 6.18. The minimum Gasteiger partial charge on any atom is -0.330 e. The second kappa shape index (κ2) is 4.82. The minimum absolute atomic E-state index is 0.0000911. The van der Waals surface area contributed by atoms with E-state index in [0.29, 0.717) is 0 Å². The third kappa shape index (κ3) is 2.71. The molecular formula is C16H23N3. The highest BCUT2D eigenvalue weighted by Gasteiger charge is 2.15. The van der Waals surface area contributed by atoms with Crippen molar-refractivity contribution in [1.82, 2.24) is 9.55 Å². The van der Waals surface area contributed by atoms with Crippen LogP contribution in [0.1, 0.15) is 45.0 Å². The molecule has 0 aliphatic carbocycles. The van der Waals surface area contributed by atoms with Gasteiger partial charge in [0.05, 0.1) is 11.9 Å². The first kappa shape index (κ1) is 13.8. The summed E-state index contributed by atoms with van der Waals surface area (Å²) in [7, 11) is 2.01. The van der Waals surface area contributed by atoms with Crippen molar-refractivity contribution in [1.29, 1.82) is 0 Å². The molecule has 2 rings (SSSR count). The molecule has 1 aromatic heterocycles. The Morgan fingerprint density at radius 2 is 1.74 bits per heavy atom. The van der Waals surface area contributed by atoms with Crippen molar-refractivity contribution in [3.63, 3.8) is 0 Å². The Balaban J connectivity index is 2.38. The lowest BCUT2D eigenvalue weighted by Gasteiger charge is -2.19. The summed E-state index contributed by atoms with van der Waals surface area (Å²) in [5.74, 6) is 0.966. The van der Waals surface area contributed by atoms with Crippen LogP contribution in [0.15, 0.2) is 30.5 Å². The molecule has 0 radical (unpaired) electrons. The molecule has 0 fully saturated rings. The summed E-state index contributed by atoms with van der Waals surface area (Å²) in [6.07, 6.45) is 1.86. The van der Waals surface area contributed by atoms with Crippen molar-refractivity contribution < 1.29 is 0 Å². The third-order valence-electron chi connectivity index (χ3n) is 3.50. The van der Waals surface area contributed by atoms with Crippen LogP contribution in [0.2, 0.25) is 0 Å². The molecule has 0 aliphatic heterocycles. The fourth-order valence-electron chi connectivity index (χ4n) is 2.23. The monoisotopic (exact) mass is 257 g/mol. The van der Waals surface area contributed by atoms with Crippen LogP contribution >= 0.6 is 0 Å². The van der Waals surface area contributed by atoms with E-state index in [9.17, 15) is 0 Å². The summed E-state index contributed by atoms with van der Waals surface area (Å²) < 4.78 is 2.07. The van der Waals surface area contributed by atoms with Gasteiger partial charge in [0.25, 0.3) is 0 Å². The molecule has 19 heavy (non-hydrogen) atoms. The molecule has 0 saturated heterocycles. The first-order chi connectivity index (χ1) is 8.80. The molecule has 1 heterocycles. The van der Waals surface area contributed by atoms with Gasteiger partial charge >= 0.3 is 0 Å². The Hall–Kier alpha value is -1.61. The summed E-state index contributed by atoms with van der Waals surface area (Å²) in [4.78, 5) is 4.48. The third-order valence-corrected chi connectivity index (χ3v) is 3.50. The molecule has 3 nitrogen and oxygen atoms in total. The molecule has 0 saturated carbocycles. The molecule has 1 unspecified atom stereocenters. The summed E-state index contributed by atoms with van der Waals surface area (Å²) in [5.41, 5.74) is 9.61. The Labute approximate surface area is 115 Å². The number of aromatic nitrogens is 2. The molecular weight excluding hydrogens is 234 g/mol. The van der Waals surface area contributed by atoms with Gasteiger partial charge in [-0.25, -0.2) is 4.98 Å². The quantitative estimate of drug-likeness (QED) is 0.896. The SMILES string of the molecule is CC(N)c1cnc(-c2ccc(C(C)(C)C)cc2)n1C. The minimum atomic E-state index is 0.0000911. The average Bonchev–Trinajstić information content (AvgIpc) is 2.70. The zero-order valence-corrected chi connectivity index (χ0v) is 12.4. The lowest BCUT2D eigenvalue weighted by atomic mass is 9.87. The standard InChI is InChI=1S/C16H23N3/c1-11(17)14-10-18-15(19(14)5)12-6-8-13(9-7-12)16(2,3)4/h6-11H,17H2,1-5H3. The van der Waals surface area contributed by atoms with Crippen molar-refractivity contribution in [3.05, 3.63) is 41.7 Å². The van der Waals surface area contributed by atoms with Gasteiger partial charge in [-0.15, -0.1) is 0 Å². The van der Waals surface area contributed by atoms with E-state index in [-0.39, 0.29) is 11.5 Å². The van der Waals surface area contributed by atoms with Gasteiger partial charge in [0.2, 0.25) is 0 Å². The van der Waals surface area contributed by atoms with Crippen LogP contribution in [0, 0.1) is 0 Å². The van der Waals surface area contributed by atoms with Gasteiger partial charge in [-0.2, -0.15) is 0 Å². The molecule has 0 bridgehead atoms. The van der Waals surface area contributed by atoms with Gasteiger partial charge in [0, 0.05) is 18.7 Å². The van der Waals surface area contributed by atoms with Gasteiger partial charge in [0.15, 0.2) is 0 Å². The van der Waals surface area contributed by atoms with Crippen LogP contribution in [0.5, 0.6) is 0 Å². The summed E-state index contributed by atoms with van der Waals surface area (Å²) in [5, 5.41) is 0. The van der Waals surface area contributed by atoms with Crippen molar-refractivity contribution in [2.75, 3.05) is 0 Å². The van der Waals surface area contributed by atoms with Crippen LogP contribution in [0.25, 0.3) is 11.4 Å². The number of hydrogen-bond acceptors (Lipinski definition) is 2. The Morgan fingerprint density at radius 3 is 2.16 bits per heavy atom. The Bertz CT molecular complexity index is 557. The summed E-state index contributed by atoms with van der Waals surface area (Å²) >= 11 is 0. The average molecular weight is 257 g/mol. The zero-order valence-electron chi connectivity index (χ0n) is 12.4. The number of nitrogens with zero attached hydrogens (tertiary/aromatic N) is 2. The molecule has 102 valence electrons. The number of imidazole rings is 1. The van der Waals surface area contributed by atoms with E-state index < -0.39 is 0 Å². The summed E-state index contributed by atoms with van der Waals surface area (Å²) in [6.45, 7) is 8.63. The highest BCUT2D eigenvalue weighted by molar-refractivity contribution is 5.57. The molecule has 0 spiro atoms. The van der Waals surface area contributed by atoms with Crippen LogP contribution in [-0.2, 0) is 12.5 Å². The van der Waals surface area contributed by atoms with Gasteiger partial charge in [-0.05, 0) is 17.9 Å². The molecule has 2 aromatic rings. The van der Waals surface area contributed by atoms with Crippen molar-refractivity contribution in [3.8, 4) is 11.4 Å². The first-order valence-electron chi connectivity index (χ1n) is 6.69. The maximum absolute atomic E-state index is 5.93. The second-order valence-electron chi connectivity index (χ2n) is 6.18. The molecule has 0 aliphatic rings. The predicted octanol–water partition coefficient (Wildman–Crippen LogP) is 3.40. The highest BCUT2D eigenvalue weighted by Crippen LogP contribution is 2.26. The number of rotatable bonds is 2. The van der Waals surface area contributed by atoms with E-state index in [1.165, 1.54) is 5.56 Å². The van der Waals surface area contributed by atoms with E-state index in [0.717, 1.165) is 17.1 Å². The predicted molar refractivity (Wildman–Crippen MR) is 79.9 cm³/mol. The molecule has 2 N–H and O–H groups in total. The number of benzene rings is 1. The fraction of sp³-hybridized carbons (Fsp3) is 0.438. The number of hydrogen-bond donors (Lipinski definition) is 1. The number of nitrogens with two attached hydrogens (primary N) is 1. The molecule has 1 atom stereocenters. The molecule has 3 heteroatoms. The zero-order chi connectivity index (χ0) is 14.2. The van der Waals surface area contributed by atoms with Crippen molar-refractivity contribution in [2.24, 2.45) is 12.8 Å². The highest BCUT2D eigenvalue weighted by atomic mass is 15.1. The topological polar surface area (TPSA) is 43.8 Å². The maximum Gasteiger partial charge on any atom is 0.139 e. The van der Waals surface area contributed by atoms with Crippen molar-refractivity contribution >= 4 is 0 Å². The van der Waals surface area contributed by atoms with Crippen LogP contribution in [-0.4, -0.2) is 9.55 Å². The smallest absolute Gasteiger partial charge is 0.139 e. The van der Waals surface area contributed by atoms with Gasteiger partial charge in [-0.3, -0.25) is 0 Å². The van der Waals surface area contributed by atoms with Crippen LogP contribution in [0.3, 0.4) is 0 Å². The molecule has 1 aromatic carbocycles. The van der Waals surface area contributed by atoms with Gasteiger partial charge < -0.3 is 10.3 Å². The molecule has 0 amide bonds. The lowest BCUT2D eigenvalue weighted by molar-refractivity contribution is 0.590. The van der Waals surface area contributed by atoms with Gasteiger partial charge in [0.1, 0.15) is 5.82 Å². The Morgan fingerprint density at radius 1 is 1.16 bits per heavy atom. The van der Waals surface area contributed by atoms with Crippen LogP contribution in [0.4, 0.5) is 0 Å². The van der Waals surface area contributed by atoms with E-state index in [2.05, 4.69) is 54.6 Å². The maximum atomic E-state index is 5.93. The van der Waals surface area contributed by atoms with Gasteiger partial charge in [-0.1, -0.05) is 45.0 Å². The van der Waals surface area contributed by atoms with E-state index in [1.807, 2.05) is 20.2 Å². The van der Waals surface area contributed by atoms with E-state index in [1.54, 1.807) is 0 Å². The van der Waals surface area contributed by atoms with Crippen molar-refractivity contribution in [2.45, 2.75) is 39.2 Å². The normalized spacial score (nSPS) is 13.6. The fourth-order valence-corrected chi connectivity index (χ4v) is 2.23.